The molecule has 26 heavy (non-hydrogen) atoms. The van der Waals surface area contributed by atoms with Gasteiger partial charge in [0.15, 0.2) is 6.17 Å². The van der Waals surface area contributed by atoms with Crippen molar-refractivity contribution in [3.63, 3.8) is 0 Å². The average Bonchev–Trinajstić information content (AvgIpc) is 2.94. The van der Waals surface area contributed by atoms with Crippen LogP contribution in [0.1, 0.15) is 22.2 Å². The van der Waals surface area contributed by atoms with Gasteiger partial charge in [0.1, 0.15) is 5.75 Å². The van der Waals surface area contributed by atoms with E-state index in [0.29, 0.717) is 16.3 Å². The maximum absolute atomic E-state index is 13.0. The summed E-state index contributed by atoms with van der Waals surface area (Å²) in [5.74, 6) is 0.633. The number of halogens is 1. The smallest absolute Gasteiger partial charge is 0.262 e. The van der Waals surface area contributed by atoms with E-state index in [2.05, 4.69) is 10.3 Å². The van der Waals surface area contributed by atoms with Crippen LogP contribution in [0.25, 0.3) is 0 Å². The molecule has 1 N–H and O–H groups in total. The van der Waals surface area contributed by atoms with Crippen LogP contribution in [-0.4, -0.2) is 18.0 Å². The van der Waals surface area contributed by atoms with Crippen molar-refractivity contribution in [2.75, 3.05) is 17.3 Å². The molecule has 0 fully saturated rings. The number of carbonyl (C=O) groups excluding carboxylic acids is 1. The Morgan fingerprint density at radius 3 is 2.65 bits per heavy atom. The van der Waals surface area contributed by atoms with Gasteiger partial charge in [-0.2, -0.15) is 0 Å². The van der Waals surface area contributed by atoms with Gasteiger partial charge in [0.05, 0.1) is 18.4 Å². The number of nitrogens with zero attached hydrogens (tertiary/aromatic N) is 2. The summed E-state index contributed by atoms with van der Waals surface area (Å²) in [6.45, 7) is 0. The minimum Gasteiger partial charge on any atom is -0.497 e. The van der Waals surface area contributed by atoms with Crippen LogP contribution in [0.5, 0.6) is 5.75 Å². The lowest BCUT2D eigenvalue weighted by Crippen LogP contribution is -2.32. The highest BCUT2D eigenvalue weighted by atomic mass is 35.5. The van der Waals surface area contributed by atoms with E-state index in [1.807, 2.05) is 42.5 Å². The van der Waals surface area contributed by atoms with Crippen LogP contribution in [-0.2, 0) is 0 Å². The molecule has 0 saturated heterocycles. The van der Waals surface area contributed by atoms with Crippen LogP contribution in [0.3, 0.4) is 0 Å². The standard InChI is InChI=1S/C20H16ClN3O2/c1-26-16-9-7-15(8-10-16)24-19(23-14-5-2-4-13(21)12-14)18-17(20(24)25)6-3-11-22-18/h2-12,19,23H,1H3/t19-/m1/s1. The number of ether oxygens (including phenoxy) is 1. The summed E-state index contributed by atoms with van der Waals surface area (Å²) in [7, 11) is 1.61. The van der Waals surface area contributed by atoms with Gasteiger partial charge in [0, 0.05) is 22.6 Å². The molecule has 1 aliphatic heterocycles. The van der Waals surface area contributed by atoms with Gasteiger partial charge in [-0.1, -0.05) is 17.7 Å². The van der Waals surface area contributed by atoms with Crippen molar-refractivity contribution >= 4 is 28.9 Å². The van der Waals surface area contributed by atoms with Crippen molar-refractivity contribution in [3.8, 4) is 5.75 Å². The fourth-order valence-corrected chi connectivity index (χ4v) is 3.25. The second-order valence-corrected chi connectivity index (χ2v) is 6.30. The van der Waals surface area contributed by atoms with Crippen LogP contribution in [0, 0.1) is 0 Å². The molecule has 5 nitrogen and oxygen atoms in total. The molecule has 1 amide bonds. The molecule has 0 bridgehead atoms. The molecule has 4 rings (SSSR count). The number of amides is 1. The number of aromatic nitrogens is 1. The summed E-state index contributed by atoms with van der Waals surface area (Å²) in [5, 5.41) is 3.99. The molecule has 0 aliphatic carbocycles. The maximum atomic E-state index is 13.0. The van der Waals surface area contributed by atoms with Gasteiger partial charge >= 0.3 is 0 Å². The molecule has 2 heterocycles. The first-order valence-corrected chi connectivity index (χ1v) is 8.50. The Morgan fingerprint density at radius 1 is 1.12 bits per heavy atom. The third-order valence-corrected chi connectivity index (χ3v) is 4.52. The van der Waals surface area contributed by atoms with Crippen molar-refractivity contribution in [2.24, 2.45) is 0 Å². The molecular weight excluding hydrogens is 350 g/mol. The number of pyridine rings is 1. The molecule has 1 atom stereocenters. The third kappa shape index (κ3) is 2.86. The number of nitrogens with one attached hydrogen (secondary N) is 1. The highest BCUT2D eigenvalue weighted by Gasteiger charge is 2.39. The quantitative estimate of drug-likeness (QED) is 0.738. The second kappa shape index (κ2) is 6.69. The van der Waals surface area contributed by atoms with E-state index in [9.17, 15) is 4.79 Å². The van der Waals surface area contributed by atoms with Crippen molar-refractivity contribution in [3.05, 3.63) is 83.1 Å². The number of rotatable bonds is 4. The molecule has 2 aromatic carbocycles. The molecule has 1 aliphatic rings. The first-order valence-electron chi connectivity index (χ1n) is 8.12. The lowest BCUT2D eigenvalue weighted by atomic mass is 10.2. The predicted octanol–water partition coefficient (Wildman–Crippen LogP) is 4.51. The average molecular weight is 366 g/mol. The zero-order valence-corrected chi connectivity index (χ0v) is 14.8. The van der Waals surface area contributed by atoms with Gasteiger partial charge in [-0.05, 0) is 54.6 Å². The number of benzene rings is 2. The molecule has 3 aromatic rings. The first-order chi connectivity index (χ1) is 12.7. The Hall–Kier alpha value is -3.05. The van der Waals surface area contributed by atoms with Gasteiger partial charge in [0.2, 0.25) is 0 Å². The third-order valence-electron chi connectivity index (χ3n) is 4.28. The second-order valence-electron chi connectivity index (χ2n) is 5.87. The van der Waals surface area contributed by atoms with E-state index in [4.69, 9.17) is 16.3 Å². The monoisotopic (exact) mass is 365 g/mol. The molecule has 0 unspecified atom stereocenters. The Balaban J connectivity index is 1.76. The van der Waals surface area contributed by atoms with E-state index >= 15 is 0 Å². The highest BCUT2D eigenvalue weighted by molar-refractivity contribution is 6.30. The van der Waals surface area contributed by atoms with Crippen molar-refractivity contribution < 1.29 is 9.53 Å². The summed E-state index contributed by atoms with van der Waals surface area (Å²) in [6, 6.07) is 18.3. The lowest BCUT2D eigenvalue weighted by molar-refractivity contribution is 0.0993. The minimum atomic E-state index is -0.425. The number of hydrogen-bond donors (Lipinski definition) is 1. The SMILES string of the molecule is COc1ccc(N2C(=O)c3cccnc3[C@@H]2Nc2cccc(Cl)c2)cc1. The maximum Gasteiger partial charge on any atom is 0.262 e. The summed E-state index contributed by atoms with van der Waals surface area (Å²) in [4.78, 5) is 19.1. The molecule has 130 valence electrons. The summed E-state index contributed by atoms with van der Waals surface area (Å²) in [5.41, 5.74) is 2.84. The number of hydrogen-bond acceptors (Lipinski definition) is 4. The highest BCUT2D eigenvalue weighted by Crippen LogP contribution is 2.37. The number of carbonyl (C=O) groups is 1. The van der Waals surface area contributed by atoms with Crippen molar-refractivity contribution in [1.29, 1.82) is 0 Å². The van der Waals surface area contributed by atoms with Crippen LogP contribution < -0.4 is 15.0 Å². The lowest BCUT2D eigenvalue weighted by Gasteiger charge is -2.26. The number of methoxy groups -OCH3 is 1. The van der Waals surface area contributed by atoms with Crippen LogP contribution >= 0.6 is 11.6 Å². The Bertz CT molecular complexity index is 959. The van der Waals surface area contributed by atoms with E-state index in [1.54, 1.807) is 36.4 Å². The van der Waals surface area contributed by atoms with Crippen LogP contribution in [0.4, 0.5) is 11.4 Å². The van der Waals surface area contributed by atoms with Crippen molar-refractivity contribution in [1.82, 2.24) is 4.98 Å². The largest absolute Gasteiger partial charge is 0.497 e. The summed E-state index contributed by atoms with van der Waals surface area (Å²) in [6.07, 6.45) is 1.27. The molecule has 6 heteroatoms. The van der Waals surface area contributed by atoms with Crippen LogP contribution in [0.15, 0.2) is 66.9 Å². The fourth-order valence-electron chi connectivity index (χ4n) is 3.06. The number of fused-ring (bicyclic) bond motifs is 1. The van der Waals surface area contributed by atoms with Gasteiger partial charge in [-0.25, -0.2) is 0 Å². The van der Waals surface area contributed by atoms with Gasteiger partial charge in [-0.15, -0.1) is 0 Å². The fraction of sp³-hybridized carbons (Fsp3) is 0.100. The minimum absolute atomic E-state index is 0.0993. The molecule has 1 aromatic heterocycles. The van der Waals surface area contributed by atoms with E-state index in [0.717, 1.165) is 17.1 Å². The van der Waals surface area contributed by atoms with E-state index < -0.39 is 6.17 Å². The zero-order chi connectivity index (χ0) is 18.1. The van der Waals surface area contributed by atoms with E-state index in [-0.39, 0.29) is 5.91 Å². The molecule has 0 radical (unpaired) electrons. The molecule has 0 saturated carbocycles. The van der Waals surface area contributed by atoms with Crippen LogP contribution in [0.2, 0.25) is 5.02 Å². The number of anilines is 2. The molecule has 0 spiro atoms. The Morgan fingerprint density at radius 2 is 1.92 bits per heavy atom. The van der Waals surface area contributed by atoms with E-state index in [1.165, 1.54) is 0 Å². The van der Waals surface area contributed by atoms with Crippen molar-refractivity contribution in [2.45, 2.75) is 6.17 Å². The topological polar surface area (TPSA) is 54.5 Å². The summed E-state index contributed by atoms with van der Waals surface area (Å²) < 4.78 is 5.21. The van der Waals surface area contributed by atoms with Gasteiger partial charge in [-0.3, -0.25) is 14.7 Å². The normalized spacial score (nSPS) is 15.7. The Kier molecular flexibility index (Phi) is 4.22. The van der Waals surface area contributed by atoms with Gasteiger partial charge < -0.3 is 10.1 Å². The first kappa shape index (κ1) is 16.4. The van der Waals surface area contributed by atoms with Gasteiger partial charge in [0.25, 0.3) is 5.91 Å². The summed E-state index contributed by atoms with van der Waals surface area (Å²) >= 11 is 6.10. The zero-order valence-electron chi connectivity index (χ0n) is 14.0. The molecular formula is C20H16ClN3O2. The predicted molar refractivity (Wildman–Crippen MR) is 102 cm³/mol. The Labute approximate surface area is 156 Å².